The summed E-state index contributed by atoms with van der Waals surface area (Å²) in [5.74, 6) is -0.452. The highest BCUT2D eigenvalue weighted by Gasteiger charge is 2.31. The van der Waals surface area contributed by atoms with Gasteiger partial charge < -0.3 is 10.0 Å². The zero-order chi connectivity index (χ0) is 20.3. The van der Waals surface area contributed by atoms with Crippen LogP contribution < -0.4 is 0 Å². The SMILES string of the molecule is CC(C)(C)C(=O)N1CCCC(Cc2cnc(-c3cncc(C(=O)O)c3)cn2)C1. The summed E-state index contributed by atoms with van der Waals surface area (Å²) in [6.45, 7) is 7.44. The standard InChI is InChI=1S/C21H26N4O3/c1-21(2,3)20(28)25-6-4-5-14(13-25)7-17-11-24-18(12-23-17)15-8-16(19(26)27)10-22-9-15/h8-12,14H,4-7,13H2,1-3H3,(H,26,27). The smallest absolute Gasteiger partial charge is 0.337 e. The molecule has 1 amide bonds. The summed E-state index contributed by atoms with van der Waals surface area (Å²) in [5.41, 5.74) is 1.85. The maximum atomic E-state index is 12.5. The van der Waals surface area contributed by atoms with Crippen LogP contribution in [-0.2, 0) is 11.2 Å². The first-order valence-corrected chi connectivity index (χ1v) is 9.53. The Morgan fingerprint density at radius 1 is 1.18 bits per heavy atom. The molecule has 0 spiro atoms. The van der Waals surface area contributed by atoms with Crippen molar-refractivity contribution < 1.29 is 14.7 Å². The number of nitrogens with zero attached hydrogens (tertiary/aromatic N) is 4. The van der Waals surface area contributed by atoms with Gasteiger partial charge in [0.15, 0.2) is 0 Å². The fourth-order valence-electron chi connectivity index (χ4n) is 3.49. The molecule has 1 aliphatic rings. The molecular formula is C21H26N4O3. The van der Waals surface area contributed by atoms with Crippen LogP contribution in [0.4, 0.5) is 0 Å². The summed E-state index contributed by atoms with van der Waals surface area (Å²) >= 11 is 0. The Morgan fingerprint density at radius 2 is 1.96 bits per heavy atom. The zero-order valence-electron chi connectivity index (χ0n) is 16.6. The van der Waals surface area contributed by atoms with Crippen molar-refractivity contribution in [3.8, 4) is 11.3 Å². The van der Waals surface area contributed by atoms with Gasteiger partial charge in [0.1, 0.15) is 0 Å². The van der Waals surface area contributed by atoms with E-state index in [1.165, 1.54) is 12.3 Å². The van der Waals surface area contributed by atoms with Gasteiger partial charge in [-0.25, -0.2) is 4.79 Å². The number of hydrogen-bond donors (Lipinski definition) is 1. The van der Waals surface area contributed by atoms with Crippen molar-refractivity contribution in [2.24, 2.45) is 11.3 Å². The minimum atomic E-state index is -1.02. The lowest BCUT2D eigenvalue weighted by atomic mass is 9.89. The fraction of sp³-hybridized carbons (Fsp3) is 0.476. The lowest BCUT2D eigenvalue weighted by Crippen LogP contribution is -2.45. The Morgan fingerprint density at radius 3 is 2.61 bits per heavy atom. The molecule has 1 fully saturated rings. The van der Waals surface area contributed by atoms with Gasteiger partial charge in [0, 0.05) is 42.7 Å². The van der Waals surface area contributed by atoms with Gasteiger partial charge in [0.2, 0.25) is 5.91 Å². The summed E-state index contributed by atoms with van der Waals surface area (Å²) < 4.78 is 0. The van der Waals surface area contributed by atoms with Crippen LogP contribution in [0.5, 0.6) is 0 Å². The highest BCUT2D eigenvalue weighted by Crippen LogP contribution is 2.25. The highest BCUT2D eigenvalue weighted by molar-refractivity contribution is 5.88. The molecule has 2 aromatic rings. The van der Waals surface area contributed by atoms with Crippen LogP contribution in [0.2, 0.25) is 0 Å². The van der Waals surface area contributed by atoms with Crippen molar-refractivity contribution in [2.75, 3.05) is 13.1 Å². The molecule has 1 aliphatic heterocycles. The van der Waals surface area contributed by atoms with E-state index >= 15 is 0 Å². The largest absolute Gasteiger partial charge is 0.478 e. The number of aromatic nitrogens is 3. The normalized spacial score (nSPS) is 17.4. The Hall–Kier alpha value is -2.83. The van der Waals surface area contributed by atoms with Gasteiger partial charge in [-0.15, -0.1) is 0 Å². The van der Waals surface area contributed by atoms with Gasteiger partial charge in [-0.05, 0) is 31.2 Å². The third kappa shape index (κ3) is 4.71. The number of aromatic carboxylic acids is 1. The van der Waals surface area contributed by atoms with Crippen LogP contribution in [0.15, 0.2) is 30.9 Å². The van der Waals surface area contributed by atoms with E-state index in [0.29, 0.717) is 17.2 Å². The maximum Gasteiger partial charge on any atom is 0.337 e. The molecule has 1 saturated heterocycles. The van der Waals surface area contributed by atoms with Crippen LogP contribution in [-0.4, -0.2) is 49.9 Å². The number of amides is 1. The van der Waals surface area contributed by atoms with Crippen LogP contribution >= 0.6 is 0 Å². The number of hydrogen-bond acceptors (Lipinski definition) is 5. The molecule has 3 rings (SSSR count). The Bertz CT molecular complexity index is 859. The zero-order valence-corrected chi connectivity index (χ0v) is 16.6. The number of likely N-dealkylation sites (tertiary alicyclic amines) is 1. The molecule has 2 aromatic heterocycles. The highest BCUT2D eigenvalue weighted by atomic mass is 16.4. The van der Waals surface area contributed by atoms with E-state index < -0.39 is 5.97 Å². The molecule has 28 heavy (non-hydrogen) atoms. The maximum absolute atomic E-state index is 12.5. The summed E-state index contributed by atoms with van der Waals surface area (Å²) in [6, 6.07) is 1.54. The first kappa shape index (κ1) is 19.9. The number of carboxylic acids is 1. The lowest BCUT2D eigenvalue weighted by molar-refractivity contribution is -0.141. The van der Waals surface area contributed by atoms with E-state index in [9.17, 15) is 9.59 Å². The summed E-state index contributed by atoms with van der Waals surface area (Å²) in [5, 5.41) is 9.09. The van der Waals surface area contributed by atoms with Crippen molar-refractivity contribution in [3.63, 3.8) is 0 Å². The van der Waals surface area contributed by atoms with E-state index in [0.717, 1.165) is 38.0 Å². The van der Waals surface area contributed by atoms with E-state index in [2.05, 4.69) is 15.0 Å². The van der Waals surface area contributed by atoms with Gasteiger partial charge in [-0.1, -0.05) is 20.8 Å². The summed E-state index contributed by atoms with van der Waals surface area (Å²) in [6.07, 6.45) is 9.11. The molecule has 0 saturated carbocycles. The molecule has 3 heterocycles. The second-order valence-corrected chi connectivity index (χ2v) is 8.37. The minimum Gasteiger partial charge on any atom is -0.478 e. The van der Waals surface area contributed by atoms with Crippen molar-refractivity contribution in [2.45, 2.75) is 40.0 Å². The molecule has 1 N–H and O–H groups in total. The fourth-order valence-corrected chi connectivity index (χ4v) is 3.49. The van der Waals surface area contributed by atoms with E-state index in [4.69, 9.17) is 5.11 Å². The summed E-state index contributed by atoms with van der Waals surface area (Å²) in [7, 11) is 0. The molecule has 0 aromatic carbocycles. The van der Waals surface area contributed by atoms with Crippen molar-refractivity contribution in [1.29, 1.82) is 0 Å². The molecule has 0 radical (unpaired) electrons. The number of rotatable bonds is 4. The van der Waals surface area contributed by atoms with Crippen molar-refractivity contribution in [1.82, 2.24) is 19.9 Å². The van der Waals surface area contributed by atoms with E-state index in [1.807, 2.05) is 25.7 Å². The topological polar surface area (TPSA) is 96.3 Å². The van der Waals surface area contributed by atoms with Crippen molar-refractivity contribution >= 4 is 11.9 Å². The third-order valence-corrected chi connectivity index (χ3v) is 4.93. The third-order valence-electron chi connectivity index (χ3n) is 4.93. The predicted molar refractivity (Wildman–Crippen MR) is 105 cm³/mol. The number of pyridine rings is 1. The Labute approximate surface area is 164 Å². The summed E-state index contributed by atoms with van der Waals surface area (Å²) in [4.78, 5) is 38.5. The van der Waals surface area contributed by atoms with Crippen LogP contribution in [0.25, 0.3) is 11.3 Å². The quantitative estimate of drug-likeness (QED) is 0.873. The molecule has 1 atom stereocenters. The minimum absolute atomic E-state index is 0.120. The van der Waals surface area contributed by atoms with Crippen LogP contribution in [0.1, 0.15) is 49.7 Å². The molecule has 0 aliphatic carbocycles. The van der Waals surface area contributed by atoms with Gasteiger partial charge in [0.25, 0.3) is 0 Å². The van der Waals surface area contributed by atoms with Crippen molar-refractivity contribution in [3.05, 3.63) is 42.1 Å². The molecule has 148 valence electrons. The Balaban J connectivity index is 1.67. The second kappa shape index (κ2) is 8.04. The molecule has 0 bridgehead atoms. The second-order valence-electron chi connectivity index (χ2n) is 8.37. The number of piperidine rings is 1. The van der Waals surface area contributed by atoms with E-state index in [-0.39, 0.29) is 16.9 Å². The molecule has 7 nitrogen and oxygen atoms in total. The monoisotopic (exact) mass is 382 g/mol. The van der Waals surface area contributed by atoms with E-state index in [1.54, 1.807) is 18.6 Å². The van der Waals surface area contributed by atoms with Gasteiger partial charge in [-0.3, -0.25) is 19.7 Å². The first-order chi connectivity index (χ1) is 13.2. The number of carbonyl (C=O) groups is 2. The van der Waals surface area contributed by atoms with Gasteiger partial charge in [0.05, 0.1) is 23.1 Å². The molecular weight excluding hydrogens is 356 g/mol. The first-order valence-electron chi connectivity index (χ1n) is 9.53. The Kier molecular flexibility index (Phi) is 5.72. The lowest BCUT2D eigenvalue weighted by Gasteiger charge is -2.36. The molecule has 1 unspecified atom stereocenters. The van der Waals surface area contributed by atoms with Crippen LogP contribution in [0.3, 0.4) is 0 Å². The van der Waals surface area contributed by atoms with Gasteiger partial charge >= 0.3 is 5.97 Å². The van der Waals surface area contributed by atoms with Gasteiger partial charge in [-0.2, -0.15) is 0 Å². The average Bonchev–Trinajstić information content (AvgIpc) is 2.67. The number of carboxylic acid groups (broad SMARTS) is 1. The molecule has 7 heteroatoms. The average molecular weight is 382 g/mol. The predicted octanol–water partition coefficient (Wildman–Crippen LogP) is 3.06. The number of carbonyl (C=O) groups excluding carboxylic acids is 1. The van der Waals surface area contributed by atoms with Crippen LogP contribution in [0, 0.1) is 11.3 Å².